The van der Waals surface area contributed by atoms with Crippen LogP contribution in [-0.4, -0.2) is 43.6 Å². The van der Waals surface area contributed by atoms with Gasteiger partial charge in [-0.1, -0.05) is 49.3 Å². The Morgan fingerprint density at radius 1 is 1.18 bits per heavy atom. The molecule has 0 spiro atoms. The number of methoxy groups -OCH3 is 1. The molecule has 10 heteroatoms. The molecule has 2 N–H and O–H groups in total. The molecule has 0 aliphatic heterocycles. The van der Waals surface area contributed by atoms with Crippen molar-refractivity contribution < 1.29 is 22.5 Å². The number of nitrogens with zero attached hydrogens (tertiary/aromatic N) is 3. The highest BCUT2D eigenvalue weighted by Gasteiger charge is 2.18. The van der Waals surface area contributed by atoms with Crippen molar-refractivity contribution in [1.82, 2.24) is 10.1 Å². The molecule has 1 heterocycles. The number of carbonyl (C=O) groups is 1. The summed E-state index contributed by atoms with van der Waals surface area (Å²) in [6, 6.07) is 13.7. The van der Waals surface area contributed by atoms with Crippen LogP contribution >= 0.6 is 0 Å². The maximum Gasteiger partial charge on any atom is 0.353 e. The van der Waals surface area contributed by atoms with Crippen molar-refractivity contribution in [2.75, 3.05) is 13.4 Å². The van der Waals surface area contributed by atoms with Crippen LogP contribution in [0.5, 0.6) is 0 Å². The minimum absolute atomic E-state index is 0.000158. The van der Waals surface area contributed by atoms with Gasteiger partial charge in [0.1, 0.15) is 11.4 Å². The van der Waals surface area contributed by atoms with E-state index in [1.165, 1.54) is 25.3 Å². The third kappa shape index (κ3) is 5.72. The highest BCUT2D eigenvalue weighted by Crippen LogP contribution is 2.28. The smallest absolute Gasteiger partial charge is 0.353 e. The van der Waals surface area contributed by atoms with E-state index < -0.39 is 15.8 Å². The molecule has 0 amide bonds. The topological polar surface area (TPSA) is 138 Å². The minimum atomic E-state index is -3.41. The first-order valence-electron chi connectivity index (χ1n) is 9.98. The molecule has 0 saturated carbocycles. The summed E-state index contributed by atoms with van der Waals surface area (Å²) in [7, 11) is -2.20. The van der Waals surface area contributed by atoms with E-state index in [9.17, 15) is 13.2 Å². The Bertz CT molecular complexity index is 1340. The van der Waals surface area contributed by atoms with Crippen LogP contribution in [-0.2, 0) is 19.4 Å². The molecule has 172 valence electrons. The summed E-state index contributed by atoms with van der Waals surface area (Å²) in [4.78, 5) is 21.0. The van der Waals surface area contributed by atoms with Crippen LogP contribution in [0.4, 0.5) is 5.69 Å². The predicted molar refractivity (Wildman–Crippen MR) is 124 cm³/mol. The van der Waals surface area contributed by atoms with Gasteiger partial charge in [-0.15, -0.1) is 0 Å². The van der Waals surface area contributed by atoms with Gasteiger partial charge < -0.3 is 15.0 Å². The van der Waals surface area contributed by atoms with Crippen LogP contribution in [0.15, 0.2) is 74.7 Å². The maximum atomic E-state index is 11.9. The standard InChI is InChI=1S/C23H24N4O5S/c1-14(2)17-10-5-6-11-19(17)25-20(13-18(24)23(28)31-3)22-26-21(27-32-22)15-8-7-9-16(12-15)33(4,29)30/h5-14H,24H2,1-4H3. The van der Waals surface area contributed by atoms with E-state index in [4.69, 9.17) is 10.3 Å². The maximum absolute atomic E-state index is 11.9. The largest absolute Gasteiger partial charge is 0.464 e. The SMILES string of the molecule is COC(=O)C(N)=CC(=Nc1ccccc1C(C)C)c1nc(-c2cccc(S(C)(=O)=O)c2)no1. The van der Waals surface area contributed by atoms with E-state index in [2.05, 4.69) is 19.9 Å². The number of allylic oxidation sites excluding steroid dienone is 1. The molecule has 0 atom stereocenters. The van der Waals surface area contributed by atoms with Crippen molar-refractivity contribution >= 4 is 27.2 Å². The normalized spacial score (nSPS) is 12.8. The number of carbonyl (C=O) groups excluding carboxylic acids is 1. The fourth-order valence-corrected chi connectivity index (χ4v) is 3.65. The van der Waals surface area contributed by atoms with Crippen LogP contribution in [0.3, 0.4) is 0 Å². The zero-order valence-electron chi connectivity index (χ0n) is 18.6. The Hall–Kier alpha value is -3.79. The van der Waals surface area contributed by atoms with Crippen molar-refractivity contribution in [3.63, 3.8) is 0 Å². The summed E-state index contributed by atoms with van der Waals surface area (Å²) in [5.74, 6) is -0.392. The number of hydrogen-bond acceptors (Lipinski definition) is 9. The molecule has 0 aliphatic carbocycles. The number of esters is 1. The molecular formula is C23H24N4O5S. The zero-order valence-corrected chi connectivity index (χ0v) is 19.5. The molecule has 0 aliphatic rings. The minimum Gasteiger partial charge on any atom is -0.464 e. The van der Waals surface area contributed by atoms with Gasteiger partial charge in [0.25, 0.3) is 5.89 Å². The lowest BCUT2D eigenvalue weighted by Crippen LogP contribution is -2.15. The Balaban J connectivity index is 2.12. The van der Waals surface area contributed by atoms with E-state index >= 15 is 0 Å². The first-order valence-corrected chi connectivity index (χ1v) is 11.9. The van der Waals surface area contributed by atoms with Crippen molar-refractivity contribution in [1.29, 1.82) is 0 Å². The molecule has 33 heavy (non-hydrogen) atoms. The number of aliphatic imine (C=N–C) groups is 1. The summed E-state index contributed by atoms with van der Waals surface area (Å²) in [5, 5.41) is 3.95. The van der Waals surface area contributed by atoms with Gasteiger partial charge in [-0.2, -0.15) is 4.98 Å². The predicted octanol–water partition coefficient (Wildman–Crippen LogP) is 3.40. The molecule has 9 nitrogen and oxygen atoms in total. The molecule has 0 fully saturated rings. The number of rotatable bonds is 7. The lowest BCUT2D eigenvalue weighted by atomic mass is 10.0. The quantitative estimate of drug-likeness (QED) is 0.316. The summed E-state index contributed by atoms with van der Waals surface area (Å²) in [6.45, 7) is 4.07. The molecule has 0 saturated heterocycles. The zero-order chi connectivity index (χ0) is 24.2. The van der Waals surface area contributed by atoms with Gasteiger partial charge in [-0.05, 0) is 35.8 Å². The number of aromatic nitrogens is 2. The second-order valence-electron chi connectivity index (χ2n) is 7.52. The number of nitrogens with two attached hydrogens (primary N) is 1. The molecule has 0 bridgehead atoms. The van der Waals surface area contributed by atoms with E-state index in [1.807, 2.05) is 38.1 Å². The van der Waals surface area contributed by atoms with E-state index in [0.717, 1.165) is 11.8 Å². The van der Waals surface area contributed by atoms with Gasteiger partial charge in [0.15, 0.2) is 9.84 Å². The number of para-hydroxylation sites is 1. The van der Waals surface area contributed by atoms with E-state index in [-0.39, 0.29) is 33.9 Å². The molecule has 2 aromatic carbocycles. The second-order valence-corrected chi connectivity index (χ2v) is 9.54. The number of ether oxygens (including phenoxy) is 1. The Kier molecular flexibility index (Phi) is 7.07. The molecule has 3 rings (SSSR count). The van der Waals surface area contributed by atoms with Gasteiger partial charge in [0, 0.05) is 11.8 Å². The van der Waals surface area contributed by atoms with E-state index in [1.54, 1.807) is 12.1 Å². The number of hydrogen-bond donors (Lipinski definition) is 1. The third-order valence-corrected chi connectivity index (χ3v) is 5.79. The Labute approximate surface area is 191 Å². The Morgan fingerprint density at radius 2 is 1.91 bits per heavy atom. The van der Waals surface area contributed by atoms with Crippen molar-refractivity contribution in [2.24, 2.45) is 10.7 Å². The van der Waals surface area contributed by atoms with Crippen LogP contribution in [0, 0.1) is 0 Å². The van der Waals surface area contributed by atoms with E-state index in [0.29, 0.717) is 11.3 Å². The lowest BCUT2D eigenvalue weighted by Gasteiger charge is -2.09. The highest BCUT2D eigenvalue weighted by atomic mass is 32.2. The van der Waals surface area contributed by atoms with Crippen LogP contribution in [0.2, 0.25) is 0 Å². The van der Waals surface area contributed by atoms with Crippen LogP contribution < -0.4 is 5.73 Å². The molecule has 1 aromatic heterocycles. The second kappa shape index (κ2) is 9.78. The Morgan fingerprint density at radius 3 is 2.58 bits per heavy atom. The van der Waals surface area contributed by atoms with Crippen molar-refractivity contribution in [3.05, 3.63) is 71.8 Å². The monoisotopic (exact) mass is 468 g/mol. The summed E-state index contributed by atoms with van der Waals surface area (Å²) in [5.41, 5.74) is 7.88. The average Bonchev–Trinajstić information content (AvgIpc) is 3.28. The summed E-state index contributed by atoms with van der Waals surface area (Å²) < 4.78 is 33.8. The fourth-order valence-electron chi connectivity index (χ4n) is 2.98. The van der Waals surface area contributed by atoms with Gasteiger partial charge >= 0.3 is 5.97 Å². The van der Waals surface area contributed by atoms with Gasteiger partial charge in [0.05, 0.1) is 17.7 Å². The third-order valence-electron chi connectivity index (χ3n) is 4.68. The first kappa shape index (κ1) is 23.9. The van der Waals surface area contributed by atoms with Crippen molar-refractivity contribution in [2.45, 2.75) is 24.7 Å². The van der Waals surface area contributed by atoms with Crippen LogP contribution in [0.1, 0.15) is 31.2 Å². The van der Waals surface area contributed by atoms with Crippen molar-refractivity contribution in [3.8, 4) is 11.4 Å². The van der Waals surface area contributed by atoms with Crippen LogP contribution in [0.25, 0.3) is 11.4 Å². The van der Waals surface area contributed by atoms with Gasteiger partial charge in [0.2, 0.25) is 5.82 Å². The van der Waals surface area contributed by atoms with Gasteiger partial charge in [-0.25, -0.2) is 18.2 Å². The lowest BCUT2D eigenvalue weighted by molar-refractivity contribution is -0.136. The highest BCUT2D eigenvalue weighted by molar-refractivity contribution is 7.90. The molecule has 0 unspecified atom stereocenters. The fraction of sp³-hybridized carbons (Fsp3) is 0.217. The number of sulfone groups is 1. The summed E-state index contributed by atoms with van der Waals surface area (Å²) >= 11 is 0. The molecule has 0 radical (unpaired) electrons. The van der Waals surface area contributed by atoms with Gasteiger partial charge in [-0.3, -0.25) is 0 Å². The molecular weight excluding hydrogens is 444 g/mol. The summed E-state index contributed by atoms with van der Waals surface area (Å²) in [6.07, 6.45) is 2.41. The first-order chi connectivity index (χ1) is 15.6. The molecule has 3 aromatic rings. The number of benzene rings is 2. The average molecular weight is 469 g/mol.